The summed E-state index contributed by atoms with van der Waals surface area (Å²) in [5, 5.41) is 13.7. The van der Waals surface area contributed by atoms with Crippen molar-refractivity contribution >= 4 is 12.1 Å². The van der Waals surface area contributed by atoms with Gasteiger partial charge in [-0.1, -0.05) is 0 Å². The second-order valence-corrected chi connectivity index (χ2v) is 6.12. The van der Waals surface area contributed by atoms with E-state index in [1.807, 2.05) is 26.0 Å². The maximum Gasteiger partial charge on any atom is 0.271 e. The molecule has 0 saturated heterocycles. The van der Waals surface area contributed by atoms with Gasteiger partial charge in [-0.2, -0.15) is 5.10 Å². The van der Waals surface area contributed by atoms with Crippen LogP contribution < -0.4 is 10.2 Å². The highest BCUT2D eigenvalue weighted by Crippen LogP contribution is 2.21. The summed E-state index contributed by atoms with van der Waals surface area (Å²) in [6.07, 6.45) is 1.37. The van der Waals surface area contributed by atoms with Crippen molar-refractivity contribution in [1.29, 1.82) is 0 Å². The van der Waals surface area contributed by atoms with Gasteiger partial charge in [0.25, 0.3) is 5.91 Å². The molecule has 0 bridgehead atoms. The van der Waals surface area contributed by atoms with Crippen molar-refractivity contribution < 1.29 is 14.6 Å². The van der Waals surface area contributed by atoms with Gasteiger partial charge in [0, 0.05) is 28.2 Å². The molecule has 0 atom stereocenters. The second kappa shape index (κ2) is 7.78. The summed E-state index contributed by atoms with van der Waals surface area (Å²) >= 11 is 0. The zero-order valence-electron chi connectivity index (χ0n) is 15.4. The average molecular weight is 363 g/mol. The van der Waals surface area contributed by atoms with Crippen LogP contribution in [-0.4, -0.2) is 28.9 Å². The smallest absolute Gasteiger partial charge is 0.271 e. The fourth-order valence-corrected chi connectivity index (χ4v) is 2.83. The molecule has 1 aromatic heterocycles. The molecule has 0 radical (unpaired) electrons. The molecule has 2 aromatic carbocycles. The molecule has 0 spiro atoms. The number of nitrogens with zero attached hydrogens (tertiary/aromatic N) is 2. The van der Waals surface area contributed by atoms with E-state index in [1.54, 1.807) is 24.3 Å². The number of phenols is 1. The number of rotatable bonds is 5. The van der Waals surface area contributed by atoms with Gasteiger partial charge in [-0.25, -0.2) is 5.43 Å². The van der Waals surface area contributed by atoms with Crippen molar-refractivity contribution in [3.05, 3.63) is 77.1 Å². The van der Waals surface area contributed by atoms with Gasteiger partial charge in [-0.05, 0) is 68.4 Å². The van der Waals surface area contributed by atoms with E-state index < -0.39 is 0 Å². The summed E-state index contributed by atoms with van der Waals surface area (Å²) in [6, 6.07) is 16.2. The van der Waals surface area contributed by atoms with Crippen LogP contribution in [0.4, 0.5) is 0 Å². The molecule has 0 saturated carbocycles. The Hall–Kier alpha value is -3.54. The average Bonchev–Trinajstić information content (AvgIpc) is 3.01. The second-order valence-electron chi connectivity index (χ2n) is 6.12. The molecule has 0 fully saturated rings. The summed E-state index contributed by atoms with van der Waals surface area (Å²) in [7, 11) is 1.54. The standard InChI is InChI=1S/C21H21N3O3/c1-14-4-5-15(2)24(14)18-8-6-16(7-9-18)21(26)23-22-13-17-12-19(27-3)10-11-20(17)25/h4-13,25H,1-3H3,(H,23,26)/b22-13-. The molecular weight excluding hydrogens is 342 g/mol. The lowest BCUT2D eigenvalue weighted by atomic mass is 10.2. The van der Waals surface area contributed by atoms with E-state index in [2.05, 4.69) is 27.2 Å². The lowest BCUT2D eigenvalue weighted by molar-refractivity contribution is 0.0955. The number of aryl methyl sites for hydroxylation is 2. The number of aromatic nitrogens is 1. The Morgan fingerprint density at radius 3 is 2.37 bits per heavy atom. The van der Waals surface area contributed by atoms with Gasteiger partial charge >= 0.3 is 0 Å². The number of hydrogen-bond donors (Lipinski definition) is 2. The highest BCUT2D eigenvalue weighted by atomic mass is 16.5. The lowest BCUT2D eigenvalue weighted by Gasteiger charge is -2.10. The third kappa shape index (κ3) is 4.00. The maximum absolute atomic E-state index is 12.3. The normalized spacial score (nSPS) is 10.9. The van der Waals surface area contributed by atoms with Crippen LogP contribution in [0.1, 0.15) is 27.3 Å². The van der Waals surface area contributed by atoms with Gasteiger partial charge in [0.1, 0.15) is 11.5 Å². The Bertz CT molecular complexity index is 969. The molecule has 0 aliphatic carbocycles. The highest BCUT2D eigenvalue weighted by molar-refractivity contribution is 5.95. The Morgan fingerprint density at radius 2 is 1.74 bits per heavy atom. The highest BCUT2D eigenvalue weighted by Gasteiger charge is 2.07. The minimum absolute atomic E-state index is 0.0515. The number of methoxy groups -OCH3 is 1. The monoisotopic (exact) mass is 363 g/mol. The summed E-state index contributed by atoms with van der Waals surface area (Å²) < 4.78 is 7.22. The van der Waals surface area contributed by atoms with E-state index in [0.29, 0.717) is 16.9 Å². The molecule has 27 heavy (non-hydrogen) atoms. The molecule has 0 aliphatic rings. The van der Waals surface area contributed by atoms with Gasteiger partial charge in [0.05, 0.1) is 13.3 Å². The summed E-state index contributed by atoms with van der Waals surface area (Å²) in [6.45, 7) is 4.08. The Kier molecular flexibility index (Phi) is 5.26. The van der Waals surface area contributed by atoms with Crippen molar-refractivity contribution in [3.63, 3.8) is 0 Å². The van der Waals surface area contributed by atoms with E-state index in [0.717, 1.165) is 17.1 Å². The minimum atomic E-state index is -0.332. The number of hydrazone groups is 1. The molecule has 1 heterocycles. The summed E-state index contributed by atoms with van der Waals surface area (Å²) in [4.78, 5) is 12.3. The number of hydrogen-bond acceptors (Lipinski definition) is 4. The largest absolute Gasteiger partial charge is 0.507 e. The van der Waals surface area contributed by atoms with Crippen LogP contribution in [0, 0.1) is 13.8 Å². The quantitative estimate of drug-likeness (QED) is 0.537. The van der Waals surface area contributed by atoms with Crippen molar-refractivity contribution in [2.75, 3.05) is 7.11 Å². The van der Waals surface area contributed by atoms with Gasteiger partial charge in [0.15, 0.2) is 0 Å². The first-order valence-electron chi connectivity index (χ1n) is 8.45. The first kappa shape index (κ1) is 18.3. The number of amides is 1. The molecule has 3 rings (SSSR count). The first-order chi connectivity index (χ1) is 13.0. The minimum Gasteiger partial charge on any atom is -0.507 e. The molecule has 6 heteroatoms. The number of ether oxygens (including phenoxy) is 1. The topological polar surface area (TPSA) is 75.8 Å². The number of nitrogens with one attached hydrogen (secondary N) is 1. The Labute approximate surface area is 157 Å². The molecule has 6 nitrogen and oxygen atoms in total. The molecular formula is C21H21N3O3. The summed E-state index contributed by atoms with van der Waals surface area (Å²) in [5.41, 5.74) is 6.66. The third-order valence-corrected chi connectivity index (χ3v) is 4.26. The Balaban J connectivity index is 1.70. The maximum atomic E-state index is 12.3. The van der Waals surface area contributed by atoms with Crippen LogP contribution in [0.2, 0.25) is 0 Å². The molecule has 3 aromatic rings. The molecule has 1 amide bonds. The van der Waals surface area contributed by atoms with Crippen molar-refractivity contribution in [2.24, 2.45) is 5.10 Å². The zero-order valence-corrected chi connectivity index (χ0v) is 15.4. The SMILES string of the molecule is COc1ccc(O)c(/C=N\NC(=O)c2ccc(-n3c(C)ccc3C)cc2)c1. The van der Waals surface area contributed by atoms with Gasteiger partial charge in [-0.15, -0.1) is 0 Å². The van der Waals surface area contributed by atoms with Gasteiger partial charge in [-0.3, -0.25) is 4.79 Å². The first-order valence-corrected chi connectivity index (χ1v) is 8.45. The Morgan fingerprint density at radius 1 is 1.07 bits per heavy atom. The van der Waals surface area contributed by atoms with E-state index in [4.69, 9.17) is 4.74 Å². The van der Waals surface area contributed by atoms with E-state index in [1.165, 1.54) is 19.4 Å². The van der Waals surface area contributed by atoms with Crippen LogP contribution in [-0.2, 0) is 0 Å². The van der Waals surface area contributed by atoms with Crippen molar-refractivity contribution in [3.8, 4) is 17.2 Å². The zero-order chi connectivity index (χ0) is 19.4. The number of aromatic hydroxyl groups is 1. The van der Waals surface area contributed by atoms with Gasteiger partial charge < -0.3 is 14.4 Å². The van der Waals surface area contributed by atoms with Crippen LogP contribution in [0.15, 0.2) is 59.7 Å². The van der Waals surface area contributed by atoms with Crippen molar-refractivity contribution in [2.45, 2.75) is 13.8 Å². The van der Waals surface area contributed by atoms with E-state index in [-0.39, 0.29) is 11.7 Å². The fourth-order valence-electron chi connectivity index (χ4n) is 2.83. The van der Waals surface area contributed by atoms with Gasteiger partial charge in [0.2, 0.25) is 0 Å². The van der Waals surface area contributed by atoms with Crippen molar-refractivity contribution in [1.82, 2.24) is 9.99 Å². The number of carbonyl (C=O) groups is 1. The summed E-state index contributed by atoms with van der Waals surface area (Å²) in [5.74, 6) is 0.309. The van der Waals surface area contributed by atoms with E-state index >= 15 is 0 Å². The van der Waals surface area contributed by atoms with Crippen LogP contribution in [0.3, 0.4) is 0 Å². The van der Waals surface area contributed by atoms with Crippen LogP contribution >= 0.6 is 0 Å². The van der Waals surface area contributed by atoms with Crippen LogP contribution in [0.5, 0.6) is 11.5 Å². The number of carbonyl (C=O) groups excluding carboxylic acids is 1. The van der Waals surface area contributed by atoms with Crippen LogP contribution in [0.25, 0.3) is 5.69 Å². The molecule has 0 unspecified atom stereocenters. The predicted molar refractivity (Wildman–Crippen MR) is 105 cm³/mol. The number of benzene rings is 2. The number of phenolic OH excluding ortho intramolecular Hbond substituents is 1. The molecule has 138 valence electrons. The third-order valence-electron chi connectivity index (χ3n) is 4.26. The fraction of sp³-hybridized carbons (Fsp3) is 0.143. The lowest BCUT2D eigenvalue weighted by Crippen LogP contribution is -2.17. The molecule has 0 aliphatic heterocycles. The predicted octanol–water partition coefficient (Wildman–Crippen LogP) is 3.57. The van der Waals surface area contributed by atoms with E-state index in [9.17, 15) is 9.90 Å². The molecule has 2 N–H and O–H groups in total.